The molecular weight excluding hydrogens is 314 g/mol. The van der Waals surface area contributed by atoms with Gasteiger partial charge in [-0.2, -0.15) is 0 Å². The van der Waals surface area contributed by atoms with E-state index in [9.17, 15) is 0 Å². The van der Waals surface area contributed by atoms with E-state index in [0.29, 0.717) is 11.9 Å². The highest BCUT2D eigenvalue weighted by atomic mass is 16.5. The van der Waals surface area contributed by atoms with Gasteiger partial charge in [0.2, 0.25) is 5.95 Å². The Morgan fingerprint density at radius 2 is 2.12 bits per heavy atom. The third kappa shape index (κ3) is 3.65. The molecule has 25 heavy (non-hydrogen) atoms. The Bertz CT molecular complexity index is 685. The van der Waals surface area contributed by atoms with Crippen molar-refractivity contribution >= 4 is 5.95 Å². The Labute approximate surface area is 148 Å². The summed E-state index contributed by atoms with van der Waals surface area (Å²) >= 11 is 0. The summed E-state index contributed by atoms with van der Waals surface area (Å²) in [6, 6.07) is 4.13. The van der Waals surface area contributed by atoms with Gasteiger partial charge in [-0.15, -0.1) is 0 Å². The number of ether oxygens (including phenoxy) is 1. The topological polar surface area (TPSA) is 63.2 Å². The molecule has 1 atom stereocenters. The number of hydrogen-bond donors (Lipinski definition) is 1. The van der Waals surface area contributed by atoms with Gasteiger partial charge in [-0.1, -0.05) is 6.07 Å². The van der Waals surface area contributed by atoms with Crippen LogP contribution in [-0.2, 0) is 11.3 Å². The summed E-state index contributed by atoms with van der Waals surface area (Å²) in [6.45, 7) is 6.77. The minimum Gasteiger partial charge on any atom is -0.372 e. The molecule has 1 spiro atoms. The van der Waals surface area contributed by atoms with Crippen LogP contribution in [0.5, 0.6) is 0 Å². The van der Waals surface area contributed by atoms with E-state index in [1.54, 1.807) is 0 Å². The van der Waals surface area contributed by atoms with Crippen molar-refractivity contribution in [1.29, 1.82) is 0 Å². The molecule has 2 aromatic rings. The van der Waals surface area contributed by atoms with E-state index in [1.165, 1.54) is 5.56 Å². The fourth-order valence-electron chi connectivity index (χ4n) is 3.96. The molecule has 0 saturated carbocycles. The van der Waals surface area contributed by atoms with E-state index < -0.39 is 0 Å². The quantitative estimate of drug-likeness (QED) is 0.871. The molecule has 4 rings (SSSR count). The van der Waals surface area contributed by atoms with Crippen molar-refractivity contribution in [3.63, 3.8) is 0 Å². The Hall–Kier alpha value is -2.05. The average Bonchev–Trinajstić information content (AvgIpc) is 3.01. The van der Waals surface area contributed by atoms with Crippen LogP contribution < -0.4 is 5.32 Å². The molecule has 0 radical (unpaired) electrons. The Balaban J connectivity index is 1.26. The third-order valence-electron chi connectivity index (χ3n) is 5.27. The monoisotopic (exact) mass is 339 g/mol. The number of nitrogens with one attached hydrogen (secondary N) is 1. The second kappa shape index (κ2) is 7.06. The Kier molecular flexibility index (Phi) is 4.63. The van der Waals surface area contributed by atoms with Gasteiger partial charge < -0.3 is 10.1 Å². The number of anilines is 1. The van der Waals surface area contributed by atoms with Gasteiger partial charge in [0.15, 0.2) is 0 Å². The molecule has 1 unspecified atom stereocenters. The van der Waals surface area contributed by atoms with Crippen molar-refractivity contribution in [3.8, 4) is 0 Å². The van der Waals surface area contributed by atoms with Gasteiger partial charge >= 0.3 is 0 Å². The molecular formula is C19H25N5O. The van der Waals surface area contributed by atoms with Crippen LogP contribution >= 0.6 is 0 Å². The Morgan fingerprint density at radius 3 is 2.88 bits per heavy atom. The zero-order chi connectivity index (χ0) is 17.1. The molecule has 0 aliphatic carbocycles. The smallest absolute Gasteiger partial charge is 0.222 e. The van der Waals surface area contributed by atoms with Gasteiger partial charge in [0.1, 0.15) is 0 Å². The van der Waals surface area contributed by atoms with Crippen LogP contribution in [-0.4, -0.2) is 51.7 Å². The first-order valence-corrected chi connectivity index (χ1v) is 9.01. The number of pyridine rings is 1. The van der Waals surface area contributed by atoms with Crippen LogP contribution in [0.3, 0.4) is 0 Å². The minimum absolute atomic E-state index is 0.0536. The van der Waals surface area contributed by atoms with Crippen LogP contribution in [0.4, 0.5) is 5.95 Å². The van der Waals surface area contributed by atoms with Crippen molar-refractivity contribution < 1.29 is 4.74 Å². The summed E-state index contributed by atoms with van der Waals surface area (Å²) in [6.07, 6.45) is 9.70. The van der Waals surface area contributed by atoms with E-state index in [4.69, 9.17) is 4.74 Å². The van der Waals surface area contributed by atoms with Gasteiger partial charge in [-0.25, -0.2) is 9.97 Å². The maximum Gasteiger partial charge on any atom is 0.222 e. The molecule has 0 amide bonds. The van der Waals surface area contributed by atoms with Crippen molar-refractivity contribution in [1.82, 2.24) is 19.9 Å². The SMILES string of the molecule is Cc1cnc(NCCC2CCOC23CN(Cc2cccnc2)C3)nc1. The molecule has 2 fully saturated rings. The van der Waals surface area contributed by atoms with Crippen molar-refractivity contribution in [3.05, 3.63) is 48.0 Å². The molecule has 4 heterocycles. The molecule has 2 aliphatic rings. The van der Waals surface area contributed by atoms with Gasteiger partial charge in [-0.05, 0) is 42.9 Å². The summed E-state index contributed by atoms with van der Waals surface area (Å²) in [7, 11) is 0. The molecule has 2 aromatic heterocycles. The summed E-state index contributed by atoms with van der Waals surface area (Å²) < 4.78 is 6.16. The molecule has 0 aromatic carbocycles. The van der Waals surface area contributed by atoms with Crippen molar-refractivity contribution in [2.24, 2.45) is 5.92 Å². The number of rotatable bonds is 6. The van der Waals surface area contributed by atoms with Crippen LogP contribution in [0.15, 0.2) is 36.9 Å². The van der Waals surface area contributed by atoms with Gasteiger partial charge in [0, 0.05) is 57.6 Å². The number of hydrogen-bond acceptors (Lipinski definition) is 6. The summed E-state index contributed by atoms with van der Waals surface area (Å²) in [5, 5.41) is 3.34. The predicted molar refractivity (Wildman–Crippen MR) is 96.2 cm³/mol. The van der Waals surface area contributed by atoms with E-state index in [2.05, 4.69) is 31.2 Å². The first-order valence-electron chi connectivity index (χ1n) is 9.01. The fourth-order valence-corrected chi connectivity index (χ4v) is 3.96. The van der Waals surface area contributed by atoms with E-state index in [1.807, 2.05) is 37.8 Å². The largest absolute Gasteiger partial charge is 0.372 e. The van der Waals surface area contributed by atoms with Gasteiger partial charge in [0.05, 0.1) is 5.60 Å². The number of aryl methyl sites for hydroxylation is 1. The molecule has 1 N–H and O–H groups in total. The van der Waals surface area contributed by atoms with Crippen LogP contribution in [0.25, 0.3) is 0 Å². The fraction of sp³-hybridized carbons (Fsp3) is 0.526. The van der Waals surface area contributed by atoms with E-state index >= 15 is 0 Å². The first kappa shape index (κ1) is 16.4. The normalized spacial score (nSPS) is 22.0. The molecule has 2 aliphatic heterocycles. The maximum absolute atomic E-state index is 6.16. The lowest BCUT2D eigenvalue weighted by Gasteiger charge is -2.50. The lowest BCUT2D eigenvalue weighted by atomic mass is 9.79. The highest BCUT2D eigenvalue weighted by Crippen LogP contribution is 2.42. The molecule has 6 heteroatoms. The lowest BCUT2D eigenvalue weighted by Crippen LogP contribution is -2.64. The summed E-state index contributed by atoms with van der Waals surface area (Å²) in [5.41, 5.74) is 2.40. The van der Waals surface area contributed by atoms with Crippen molar-refractivity contribution in [2.45, 2.75) is 31.9 Å². The van der Waals surface area contributed by atoms with E-state index in [0.717, 1.165) is 51.2 Å². The number of aromatic nitrogens is 3. The van der Waals surface area contributed by atoms with Crippen LogP contribution in [0, 0.1) is 12.8 Å². The van der Waals surface area contributed by atoms with E-state index in [-0.39, 0.29) is 5.60 Å². The predicted octanol–water partition coefficient (Wildman–Crippen LogP) is 2.27. The molecule has 132 valence electrons. The molecule has 0 bridgehead atoms. The maximum atomic E-state index is 6.16. The number of likely N-dealkylation sites (tertiary alicyclic amines) is 1. The zero-order valence-electron chi connectivity index (χ0n) is 14.7. The molecule has 6 nitrogen and oxygen atoms in total. The summed E-state index contributed by atoms with van der Waals surface area (Å²) in [4.78, 5) is 15.3. The zero-order valence-corrected chi connectivity index (χ0v) is 14.7. The standard InChI is InChI=1S/C19H25N5O/c1-15-9-22-18(23-10-15)21-7-4-17-5-8-25-19(17)13-24(14-19)12-16-3-2-6-20-11-16/h2-3,6,9-11,17H,4-5,7-8,12-14H2,1H3,(H,21,22,23). The second-order valence-corrected chi connectivity index (χ2v) is 7.20. The molecule has 2 saturated heterocycles. The van der Waals surface area contributed by atoms with Crippen LogP contribution in [0.2, 0.25) is 0 Å². The Morgan fingerprint density at radius 1 is 1.28 bits per heavy atom. The third-order valence-corrected chi connectivity index (χ3v) is 5.27. The first-order chi connectivity index (χ1) is 12.2. The summed E-state index contributed by atoms with van der Waals surface area (Å²) in [5.74, 6) is 1.32. The average molecular weight is 339 g/mol. The minimum atomic E-state index is 0.0536. The highest BCUT2D eigenvalue weighted by molar-refractivity contribution is 5.24. The van der Waals surface area contributed by atoms with Gasteiger partial charge in [0.25, 0.3) is 0 Å². The second-order valence-electron chi connectivity index (χ2n) is 7.20. The highest BCUT2D eigenvalue weighted by Gasteiger charge is 2.52. The lowest BCUT2D eigenvalue weighted by molar-refractivity contribution is -0.136. The van der Waals surface area contributed by atoms with Crippen molar-refractivity contribution in [2.75, 3.05) is 31.6 Å². The van der Waals surface area contributed by atoms with Crippen LogP contribution in [0.1, 0.15) is 24.0 Å². The van der Waals surface area contributed by atoms with Gasteiger partial charge in [-0.3, -0.25) is 9.88 Å². The number of nitrogens with zero attached hydrogens (tertiary/aromatic N) is 4.